The van der Waals surface area contributed by atoms with Crippen molar-refractivity contribution in [1.82, 2.24) is 14.9 Å². The lowest BCUT2D eigenvalue weighted by molar-refractivity contribution is 0.0963. The highest BCUT2D eigenvalue weighted by atomic mass is 16.1. The van der Waals surface area contributed by atoms with E-state index >= 15 is 0 Å². The van der Waals surface area contributed by atoms with Crippen LogP contribution in [0.4, 0.5) is 0 Å². The summed E-state index contributed by atoms with van der Waals surface area (Å²) in [6.45, 7) is 5.04. The lowest BCUT2D eigenvalue weighted by Crippen LogP contribution is -2.17. The SMILES string of the molecule is CNC(=O)c1ccc(Cn2ccnc2C(C)C)cc1. The second-order valence-corrected chi connectivity index (χ2v) is 4.84. The Balaban J connectivity index is 2.15. The summed E-state index contributed by atoms with van der Waals surface area (Å²) in [6.07, 6.45) is 3.82. The van der Waals surface area contributed by atoms with Crippen molar-refractivity contribution in [3.8, 4) is 0 Å². The topological polar surface area (TPSA) is 46.9 Å². The number of carbonyl (C=O) groups excluding carboxylic acids is 1. The number of nitrogens with zero attached hydrogens (tertiary/aromatic N) is 2. The van der Waals surface area contributed by atoms with Crippen LogP contribution in [0, 0.1) is 0 Å². The highest BCUT2D eigenvalue weighted by Crippen LogP contribution is 2.14. The van der Waals surface area contributed by atoms with Crippen LogP contribution in [-0.2, 0) is 6.54 Å². The molecule has 1 amide bonds. The summed E-state index contributed by atoms with van der Waals surface area (Å²) in [5.41, 5.74) is 1.84. The second-order valence-electron chi connectivity index (χ2n) is 4.84. The van der Waals surface area contributed by atoms with Gasteiger partial charge in [-0.25, -0.2) is 4.98 Å². The van der Waals surface area contributed by atoms with Gasteiger partial charge in [-0.3, -0.25) is 4.79 Å². The van der Waals surface area contributed by atoms with E-state index in [9.17, 15) is 4.79 Å². The van der Waals surface area contributed by atoms with Gasteiger partial charge in [-0.1, -0.05) is 26.0 Å². The van der Waals surface area contributed by atoms with E-state index in [2.05, 4.69) is 28.7 Å². The van der Waals surface area contributed by atoms with E-state index in [1.165, 1.54) is 0 Å². The summed E-state index contributed by atoms with van der Waals surface area (Å²) >= 11 is 0. The fraction of sp³-hybridized carbons (Fsp3) is 0.333. The van der Waals surface area contributed by atoms with Crippen molar-refractivity contribution in [3.05, 3.63) is 53.6 Å². The number of hydrogen-bond acceptors (Lipinski definition) is 2. The molecular formula is C15H19N3O. The average Bonchev–Trinajstić information content (AvgIpc) is 2.87. The summed E-state index contributed by atoms with van der Waals surface area (Å²) in [4.78, 5) is 15.8. The summed E-state index contributed by atoms with van der Waals surface area (Å²) in [7, 11) is 1.64. The molecule has 1 N–H and O–H groups in total. The van der Waals surface area contributed by atoms with Gasteiger partial charge in [0.05, 0.1) is 0 Å². The maximum atomic E-state index is 11.5. The largest absolute Gasteiger partial charge is 0.355 e. The van der Waals surface area contributed by atoms with Crippen molar-refractivity contribution in [3.63, 3.8) is 0 Å². The Morgan fingerprint density at radius 2 is 2.00 bits per heavy atom. The zero-order valence-electron chi connectivity index (χ0n) is 11.6. The van der Waals surface area contributed by atoms with E-state index in [1.807, 2.05) is 36.7 Å². The van der Waals surface area contributed by atoms with E-state index in [4.69, 9.17) is 0 Å². The first kappa shape index (κ1) is 13.3. The Morgan fingerprint density at radius 3 is 2.58 bits per heavy atom. The first-order valence-electron chi connectivity index (χ1n) is 6.44. The van der Waals surface area contributed by atoms with Gasteiger partial charge >= 0.3 is 0 Å². The molecule has 0 spiro atoms. The number of hydrogen-bond donors (Lipinski definition) is 1. The number of nitrogens with one attached hydrogen (secondary N) is 1. The Kier molecular flexibility index (Phi) is 4.00. The van der Waals surface area contributed by atoms with Gasteiger partial charge in [0.25, 0.3) is 5.91 Å². The lowest BCUT2D eigenvalue weighted by atomic mass is 10.1. The molecular weight excluding hydrogens is 238 g/mol. The van der Waals surface area contributed by atoms with Gasteiger partial charge in [0.2, 0.25) is 0 Å². The number of benzene rings is 1. The predicted molar refractivity (Wildman–Crippen MR) is 75.3 cm³/mol. The monoisotopic (exact) mass is 257 g/mol. The number of amides is 1. The minimum Gasteiger partial charge on any atom is -0.355 e. The predicted octanol–water partition coefficient (Wildman–Crippen LogP) is 2.41. The highest BCUT2D eigenvalue weighted by molar-refractivity contribution is 5.93. The van der Waals surface area contributed by atoms with Gasteiger partial charge in [-0.05, 0) is 17.7 Å². The third kappa shape index (κ3) is 3.02. The van der Waals surface area contributed by atoms with Crippen molar-refractivity contribution in [2.45, 2.75) is 26.3 Å². The minimum atomic E-state index is -0.0583. The molecule has 0 bridgehead atoms. The van der Waals surface area contributed by atoms with Crippen LogP contribution in [0.1, 0.15) is 41.5 Å². The molecule has 0 radical (unpaired) electrons. The molecule has 0 fully saturated rings. The van der Waals surface area contributed by atoms with Crippen LogP contribution in [0.15, 0.2) is 36.7 Å². The number of aromatic nitrogens is 2. The van der Waals surface area contributed by atoms with E-state index in [0.29, 0.717) is 11.5 Å². The Hall–Kier alpha value is -2.10. The zero-order chi connectivity index (χ0) is 13.8. The van der Waals surface area contributed by atoms with Gasteiger partial charge in [0.15, 0.2) is 0 Å². The fourth-order valence-electron chi connectivity index (χ4n) is 2.06. The molecule has 0 saturated carbocycles. The van der Waals surface area contributed by atoms with Crippen molar-refractivity contribution in [2.75, 3.05) is 7.05 Å². The Bertz CT molecular complexity index is 555. The fourth-order valence-corrected chi connectivity index (χ4v) is 2.06. The summed E-state index contributed by atoms with van der Waals surface area (Å²) in [5, 5.41) is 2.62. The van der Waals surface area contributed by atoms with E-state index in [1.54, 1.807) is 7.05 Å². The summed E-state index contributed by atoms with van der Waals surface area (Å²) < 4.78 is 2.14. The molecule has 2 rings (SSSR count). The lowest BCUT2D eigenvalue weighted by Gasteiger charge is -2.10. The number of carbonyl (C=O) groups is 1. The van der Waals surface area contributed by atoms with Crippen LogP contribution >= 0.6 is 0 Å². The molecule has 2 aromatic rings. The number of imidazole rings is 1. The molecule has 1 heterocycles. The van der Waals surface area contributed by atoms with Gasteiger partial charge < -0.3 is 9.88 Å². The molecule has 1 aromatic heterocycles. The Labute approximate surface area is 113 Å². The first-order valence-corrected chi connectivity index (χ1v) is 6.44. The van der Waals surface area contributed by atoms with Crippen LogP contribution in [0.5, 0.6) is 0 Å². The molecule has 0 aliphatic rings. The minimum absolute atomic E-state index is 0.0583. The summed E-state index contributed by atoms with van der Waals surface area (Å²) in [5.74, 6) is 1.42. The van der Waals surface area contributed by atoms with Crippen LogP contribution in [0.2, 0.25) is 0 Å². The standard InChI is InChI=1S/C15H19N3O/c1-11(2)14-17-8-9-18(14)10-12-4-6-13(7-5-12)15(19)16-3/h4-9,11H,10H2,1-3H3,(H,16,19). The maximum absolute atomic E-state index is 11.5. The maximum Gasteiger partial charge on any atom is 0.251 e. The van der Waals surface area contributed by atoms with Crippen LogP contribution in [0.3, 0.4) is 0 Å². The van der Waals surface area contributed by atoms with Gasteiger partial charge in [0.1, 0.15) is 5.82 Å². The van der Waals surface area contributed by atoms with E-state index < -0.39 is 0 Å². The molecule has 100 valence electrons. The summed E-state index contributed by atoms with van der Waals surface area (Å²) in [6, 6.07) is 7.66. The molecule has 19 heavy (non-hydrogen) atoms. The third-order valence-corrected chi connectivity index (χ3v) is 3.06. The molecule has 1 aromatic carbocycles. The average molecular weight is 257 g/mol. The number of rotatable bonds is 4. The van der Waals surface area contributed by atoms with Crippen molar-refractivity contribution < 1.29 is 4.79 Å². The Morgan fingerprint density at radius 1 is 1.32 bits per heavy atom. The molecule has 0 aliphatic heterocycles. The van der Waals surface area contributed by atoms with Crippen molar-refractivity contribution in [1.29, 1.82) is 0 Å². The third-order valence-electron chi connectivity index (χ3n) is 3.06. The normalized spacial score (nSPS) is 10.7. The van der Waals surface area contributed by atoms with Crippen LogP contribution in [-0.4, -0.2) is 22.5 Å². The quantitative estimate of drug-likeness (QED) is 0.914. The van der Waals surface area contributed by atoms with Crippen LogP contribution < -0.4 is 5.32 Å². The van der Waals surface area contributed by atoms with Crippen molar-refractivity contribution in [2.24, 2.45) is 0 Å². The molecule has 0 saturated heterocycles. The van der Waals surface area contributed by atoms with E-state index in [0.717, 1.165) is 17.9 Å². The second kappa shape index (κ2) is 5.69. The zero-order valence-corrected chi connectivity index (χ0v) is 11.6. The van der Waals surface area contributed by atoms with E-state index in [-0.39, 0.29) is 5.91 Å². The molecule has 0 atom stereocenters. The highest BCUT2D eigenvalue weighted by Gasteiger charge is 2.08. The van der Waals surface area contributed by atoms with Gasteiger partial charge in [-0.15, -0.1) is 0 Å². The van der Waals surface area contributed by atoms with Gasteiger partial charge in [0, 0.05) is 37.5 Å². The smallest absolute Gasteiger partial charge is 0.251 e. The van der Waals surface area contributed by atoms with Crippen LogP contribution in [0.25, 0.3) is 0 Å². The molecule has 0 unspecified atom stereocenters. The first-order chi connectivity index (χ1) is 9.11. The molecule has 4 heteroatoms. The van der Waals surface area contributed by atoms with Gasteiger partial charge in [-0.2, -0.15) is 0 Å². The van der Waals surface area contributed by atoms with Crippen molar-refractivity contribution >= 4 is 5.91 Å². The molecule has 4 nitrogen and oxygen atoms in total. The molecule has 0 aliphatic carbocycles.